The Bertz CT molecular complexity index is 926. The first-order valence-corrected chi connectivity index (χ1v) is 8.46. The molecule has 3 rings (SSSR count). The second kappa shape index (κ2) is 7.59. The fourth-order valence-electron chi connectivity index (χ4n) is 2.60. The molecule has 0 bridgehead atoms. The number of nitrogens with zero attached hydrogens (tertiary/aromatic N) is 1. The first kappa shape index (κ1) is 18.6. The van der Waals surface area contributed by atoms with Crippen molar-refractivity contribution in [1.82, 2.24) is 0 Å². The molecular formula is C19H15ClN2O5. The molecule has 0 saturated heterocycles. The number of hydrogen-bond acceptors (Lipinski definition) is 5. The predicted molar refractivity (Wildman–Crippen MR) is 98.8 cm³/mol. The minimum Gasteiger partial charge on any atom is -0.451 e. The van der Waals surface area contributed by atoms with E-state index in [2.05, 4.69) is 5.32 Å². The molecule has 2 amide bonds. The van der Waals surface area contributed by atoms with Gasteiger partial charge in [-0.3, -0.25) is 24.1 Å². The van der Waals surface area contributed by atoms with Gasteiger partial charge in [0.05, 0.1) is 11.3 Å². The summed E-state index contributed by atoms with van der Waals surface area (Å²) in [4.78, 5) is 49.3. The normalized spacial score (nSPS) is 13.9. The molecule has 0 aromatic heterocycles. The van der Waals surface area contributed by atoms with Crippen molar-refractivity contribution in [3.05, 3.63) is 59.1 Å². The molecular weight excluding hydrogens is 372 g/mol. The minimum absolute atomic E-state index is 0.240. The summed E-state index contributed by atoms with van der Waals surface area (Å²) in [5.41, 5.74) is 1.09. The van der Waals surface area contributed by atoms with Crippen LogP contribution in [0.3, 0.4) is 0 Å². The molecule has 0 spiro atoms. The predicted octanol–water partition coefficient (Wildman–Crippen LogP) is 2.44. The van der Waals surface area contributed by atoms with Crippen LogP contribution in [0, 0.1) is 0 Å². The van der Waals surface area contributed by atoms with Gasteiger partial charge in [0, 0.05) is 10.7 Å². The molecule has 1 heterocycles. The summed E-state index contributed by atoms with van der Waals surface area (Å²) in [5.74, 6) is -2.81. The molecule has 7 nitrogen and oxygen atoms in total. The Morgan fingerprint density at radius 2 is 1.78 bits per heavy atom. The van der Waals surface area contributed by atoms with Crippen molar-refractivity contribution in [3.63, 3.8) is 0 Å². The summed E-state index contributed by atoms with van der Waals surface area (Å²) in [6.07, 6.45) is -1.09. The molecule has 1 atom stereocenters. The molecule has 1 aliphatic heterocycles. The first-order valence-electron chi connectivity index (χ1n) is 8.08. The highest BCUT2D eigenvalue weighted by atomic mass is 35.5. The molecule has 0 saturated carbocycles. The Labute approximate surface area is 159 Å². The lowest BCUT2D eigenvalue weighted by atomic mass is 10.1. The zero-order valence-corrected chi connectivity index (χ0v) is 15.0. The van der Waals surface area contributed by atoms with E-state index in [9.17, 15) is 19.2 Å². The molecule has 0 radical (unpaired) electrons. The van der Waals surface area contributed by atoms with Crippen molar-refractivity contribution in [2.75, 3.05) is 16.8 Å². The van der Waals surface area contributed by atoms with Crippen LogP contribution in [-0.4, -0.2) is 36.2 Å². The van der Waals surface area contributed by atoms with Gasteiger partial charge in [-0.25, -0.2) is 0 Å². The Kier molecular flexibility index (Phi) is 5.23. The fourth-order valence-corrected chi connectivity index (χ4v) is 2.73. The van der Waals surface area contributed by atoms with E-state index in [-0.39, 0.29) is 5.56 Å². The molecule has 8 heteroatoms. The Balaban J connectivity index is 1.60. The maximum absolute atomic E-state index is 12.1. The monoisotopic (exact) mass is 386 g/mol. The molecule has 1 aliphatic rings. The van der Waals surface area contributed by atoms with Crippen LogP contribution in [-0.2, 0) is 19.1 Å². The van der Waals surface area contributed by atoms with Crippen LogP contribution in [0.5, 0.6) is 0 Å². The zero-order chi connectivity index (χ0) is 19.6. The Hall–Kier alpha value is -3.19. The van der Waals surface area contributed by atoms with Crippen molar-refractivity contribution in [2.45, 2.75) is 13.0 Å². The van der Waals surface area contributed by atoms with Gasteiger partial charge < -0.3 is 10.1 Å². The Morgan fingerprint density at radius 1 is 1.11 bits per heavy atom. The highest BCUT2D eigenvalue weighted by Gasteiger charge is 2.37. The Morgan fingerprint density at radius 3 is 2.48 bits per heavy atom. The number of carbonyl (C=O) groups excluding carboxylic acids is 4. The van der Waals surface area contributed by atoms with Gasteiger partial charge in [0.25, 0.3) is 17.6 Å². The smallest absolute Gasteiger partial charge is 0.326 e. The van der Waals surface area contributed by atoms with Crippen molar-refractivity contribution >= 4 is 46.5 Å². The second-order valence-corrected chi connectivity index (χ2v) is 6.30. The number of halogens is 1. The van der Waals surface area contributed by atoms with Gasteiger partial charge in [0.15, 0.2) is 6.10 Å². The quantitative estimate of drug-likeness (QED) is 0.629. The van der Waals surface area contributed by atoms with Gasteiger partial charge in [-0.2, -0.15) is 0 Å². The molecule has 2 aromatic carbocycles. The number of anilines is 2. The van der Waals surface area contributed by atoms with E-state index in [4.69, 9.17) is 16.3 Å². The summed E-state index contributed by atoms with van der Waals surface area (Å²) < 4.78 is 5.09. The topological polar surface area (TPSA) is 92.8 Å². The van der Waals surface area contributed by atoms with Gasteiger partial charge in [-0.15, -0.1) is 0 Å². The van der Waals surface area contributed by atoms with Crippen molar-refractivity contribution < 1.29 is 23.9 Å². The minimum atomic E-state index is -1.09. The van der Waals surface area contributed by atoms with Crippen LogP contribution in [0.1, 0.15) is 17.3 Å². The average Bonchev–Trinajstić information content (AvgIpc) is 2.89. The van der Waals surface area contributed by atoms with E-state index < -0.39 is 36.2 Å². The molecule has 0 unspecified atom stereocenters. The van der Waals surface area contributed by atoms with E-state index in [0.717, 1.165) is 4.90 Å². The third-order valence-corrected chi connectivity index (χ3v) is 4.21. The van der Waals surface area contributed by atoms with Gasteiger partial charge in [-0.05, 0) is 43.3 Å². The maximum atomic E-state index is 12.1. The molecule has 0 fully saturated rings. The number of ketones is 1. The summed E-state index contributed by atoms with van der Waals surface area (Å²) in [6.45, 7) is 0.953. The standard InChI is InChI=1S/C19H15ClN2O5/c1-11(18(25)21-13-8-6-12(20)7-9-13)27-16(23)10-22-15-5-3-2-4-14(15)17(24)19(22)26/h2-9,11H,10H2,1H3,(H,21,25)/t11-/m0/s1. The summed E-state index contributed by atoms with van der Waals surface area (Å²) in [5, 5.41) is 3.12. The van der Waals surface area contributed by atoms with Crippen LogP contribution in [0.25, 0.3) is 0 Å². The van der Waals surface area contributed by atoms with Crippen LogP contribution in [0.2, 0.25) is 5.02 Å². The lowest BCUT2D eigenvalue weighted by molar-refractivity contribution is -0.152. The summed E-state index contributed by atoms with van der Waals surface area (Å²) in [7, 11) is 0. The number of carbonyl (C=O) groups is 4. The average molecular weight is 387 g/mol. The molecule has 0 aliphatic carbocycles. The molecule has 1 N–H and O–H groups in total. The zero-order valence-electron chi connectivity index (χ0n) is 14.3. The second-order valence-electron chi connectivity index (χ2n) is 5.87. The third-order valence-electron chi connectivity index (χ3n) is 3.96. The van der Waals surface area contributed by atoms with Crippen LogP contribution < -0.4 is 10.2 Å². The van der Waals surface area contributed by atoms with Crippen molar-refractivity contribution in [3.8, 4) is 0 Å². The highest BCUT2D eigenvalue weighted by molar-refractivity contribution is 6.52. The lowest BCUT2D eigenvalue weighted by Gasteiger charge is -2.18. The van der Waals surface area contributed by atoms with Crippen LogP contribution in [0.15, 0.2) is 48.5 Å². The lowest BCUT2D eigenvalue weighted by Crippen LogP contribution is -2.38. The van der Waals surface area contributed by atoms with Crippen molar-refractivity contribution in [1.29, 1.82) is 0 Å². The first-order chi connectivity index (χ1) is 12.9. The number of Topliss-reactive ketones (excluding diaryl/α,β-unsaturated/α-hetero) is 1. The molecule has 27 heavy (non-hydrogen) atoms. The fraction of sp³-hybridized carbons (Fsp3) is 0.158. The largest absolute Gasteiger partial charge is 0.451 e. The van der Waals surface area contributed by atoms with E-state index in [0.29, 0.717) is 16.4 Å². The van der Waals surface area contributed by atoms with E-state index >= 15 is 0 Å². The van der Waals surface area contributed by atoms with E-state index in [1.165, 1.54) is 13.0 Å². The van der Waals surface area contributed by atoms with Crippen molar-refractivity contribution in [2.24, 2.45) is 0 Å². The SMILES string of the molecule is C[C@H](OC(=O)CN1C(=O)C(=O)c2ccccc21)C(=O)Nc1ccc(Cl)cc1. The number of benzene rings is 2. The molecule has 138 valence electrons. The highest BCUT2D eigenvalue weighted by Crippen LogP contribution is 2.28. The van der Waals surface area contributed by atoms with E-state index in [1.54, 1.807) is 42.5 Å². The third kappa shape index (κ3) is 3.98. The number of hydrogen-bond donors (Lipinski definition) is 1. The number of ether oxygens (including phenoxy) is 1. The number of para-hydroxylation sites is 1. The number of rotatable bonds is 5. The van der Waals surface area contributed by atoms with Gasteiger partial charge in [0.2, 0.25) is 0 Å². The van der Waals surface area contributed by atoms with Gasteiger partial charge in [0.1, 0.15) is 6.54 Å². The summed E-state index contributed by atoms with van der Waals surface area (Å²) >= 11 is 5.78. The maximum Gasteiger partial charge on any atom is 0.326 e. The summed E-state index contributed by atoms with van der Waals surface area (Å²) in [6, 6.07) is 12.8. The van der Waals surface area contributed by atoms with Gasteiger partial charge >= 0.3 is 5.97 Å². The van der Waals surface area contributed by atoms with Crippen LogP contribution >= 0.6 is 11.6 Å². The van der Waals surface area contributed by atoms with Crippen LogP contribution in [0.4, 0.5) is 11.4 Å². The number of fused-ring (bicyclic) bond motifs is 1. The number of nitrogens with one attached hydrogen (secondary N) is 1. The number of esters is 1. The number of amides is 2. The van der Waals surface area contributed by atoms with E-state index in [1.807, 2.05) is 0 Å². The molecule has 2 aromatic rings. The van der Waals surface area contributed by atoms with Gasteiger partial charge in [-0.1, -0.05) is 23.7 Å².